The van der Waals surface area contributed by atoms with Crippen molar-refractivity contribution in [1.82, 2.24) is 0 Å². The van der Waals surface area contributed by atoms with Gasteiger partial charge in [-0.1, -0.05) is 91.0 Å². The van der Waals surface area contributed by atoms with E-state index >= 15 is 0 Å². The zero-order valence-corrected chi connectivity index (χ0v) is 23.7. The molecule has 12 heteroatoms. The summed E-state index contributed by atoms with van der Waals surface area (Å²) < 4.78 is 97.9. The van der Waals surface area contributed by atoms with Gasteiger partial charge in [-0.2, -0.15) is 21.6 Å². The topological polar surface area (TPSA) is 89.5 Å². The lowest BCUT2D eigenvalue weighted by atomic mass is 9.89. The van der Waals surface area contributed by atoms with Gasteiger partial charge in [0, 0.05) is 13.0 Å². The number of methoxy groups -OCH3 is 1. The fraction of sp³-hybridized carbons (Fsp3) is 0.400. The Balaban J connectivity index is 1.61. The Morgan fingerprint density at radius 1 is 0.714 bits per heavy atom. The van der Waals surface area contributed by atoms with Gasteiger partial charge < -0.3 is 23.7 Å². The summed E-state index contributed by atoms with van der Waals surface area (Å²) in [5, 5.41) is 0. The number of benzene rings is 3. The van der Waals surface area contributed by atoms with E-state index in [0.717, 1.165) is 16.7 Å². The third-order valence-electron chi connectivity index (χ3n) is 6.70. The first-order chi connectivity index (χ1) is 20.2. The van der Waals surface area contributed by atoms with E-state index in [4.69, 9.17) is 23.7 Å². The zero-order valence-electron chi connectivity index (χ0n) is 22.9. The smallest absolute Gasteiger partial charge is 0.374 e. The Labute approximate surface area is 243 Å². The zero-order chi connectivity index (χ0) is 30.0. The van der Waals surface area contributed by atoms with Gasteiger partial charge in [0.15, 0.2) is 6.29 Å². The standard InChI is InChI=1S/C30H33F3O8S/c1-36-29-28(39-19-24-15-9-4-10-16-24)27(38-18-23-13-7-3-8-14-23)25(20-40-42(34,35)30(31,32)33)26(41-29)21-37-17-22-11-5-2-6-12-22/h2-16,25-29H,17-21H2,1H3/t25-,26-,27+,28-,29+/m1/s1. The van der Waals surface area contributed by atoms with Crippen molar-refractivity contribution in [2.75, 3.05) is 20.3 Å². The molecule has 42 heavy (non-hydrogen) atoms. The Hall–Kier alpha value is -2.84. The van der Waals surface area contributed by atoms with Gasteiger partial charge in [-0.15, -0.1) is 0 Å². The first kappa shape index (κ1) is 32.1. The fourth-order valence-corrected chi connectivity index (χ4v) is 5.01. The predicted molar refractivity (Wildman–Crippen MR) is 146 cm³/mol. The molecule has 4 rings (SSSR count). The molecule has 0 saturated carbocycles. The minimum atomic E-state index is -5.89. The van der Waals surface area contributed by atoms with Crippen LogP contribution in [0.4, 0.5) is 13.2 Å². The van der Waals surface area contributed by atoms with Crippen molar-refractivity contribution in [3.05, 3.63) is 108 Å². The van der Waals surface area contributed by atoms with Crippen molar-refractivity contribution in [1.29, 1.82) is 0 Å². The summed E-state index contributed by atoms with van der Waals surface area (Å²) in [6.07, 6.45) is -3.91. The molecule has 0 aliphatic carbocycles. The molecule has 0 unspecified atom stereocenters. The fourth-order valence-electron chi connectivity index (χ4n) is 4.54. The van der Waals surface area contributed by atoms with Crippen LogP contribution < -0.4 is 0 Å². The average molecular weight is 611 g/mol. The average Bonchev–Trinajstić information content (AvgIpc) is 2.99. The number of halogens is 3. The normalized spacial score (nSPS) is 23.1. The first-order valence-electron chi connectivity index (χ1n) is 13.2. The maximum Gasteiger partial charge on any atom is 0.523 e. The number of ether oxygens (including phenoxy) is 5. The Bertz CT molecular complexity index is 1310. The molecule has 3 aromatic rings. The molecule has 0 amide bonds. The molecule has 3 aromatic carbocycles. The molecule has 0 aromatic heterocycles. The molecule has 1 saturated heterocycles. The van der Waals surface area contributed by atoms with Gasteiger partial charge in [-0.3, -0.25) is 4.18 Å². The van der Waals surface area contributed by atoms with Crippen molar-refractivity contribution in [3.63, 3.8) is 0 Å². The largest absolute Gasteiger partial charge is 0.523 e. The summed E-state index contributed by atoms with van der Waals surface area (Å²) in [5.74, 6) is -1.05. The van der Waals surface area contributed by atoms with E-state index in [1.54, 1.807) is 0 Å². The molecule has 1 heterocycles. The minimum absolute atomic E-state index is 0.0627. The van der Waals surface area contributed by atoms with Crippen LogP contribution in [0.1, 0.15) is 16.7 Å². The van der Waals surface area contributed by atoms with Crippen LogP contribution in [0.5, 0.6) is 0 Å². The van der Waals surface area contributed by atoms with Crippen molar-refractivity contribution in [3.8, 4) is 0 Å². The molecule has 1 aliphatic heterocycles. The highest BCUT2D eigenvalue weighted by Gasteiger charge is 2.51. The Morgan fingerprint density at radius 2 is 1.19 bits per heavy atom. The first-order valence-corrected chi connectivity index (χ1v) is 14.7. The SMILES string of the molecule is CO[C@H]1O[C@H](COCc2ccccc2)[C@@H](COS(=O)(=O)C(F)(F)F)[C@H](OCc2ccccc2)[C@H]1OCc1ccccc1. The highest BCUT2D eigenvalue weighted by Crippen LogP contribution is 2.34. The number of alkyl halides is 3. The van der Waals surface area contributed by atoms with Crippen molar-refractivity contribution >= 4 is 10.1 Å². The summed E-state index contributed by atoms with van der Waals surface area (Å²) in [6.45, 7) is -0.624. The molecule has 228 valence electrons. The van der Waals surface area contributed by atoms with Crippen LogP contribution in [-0.2, 0) is 57.8 Å². The van der Waals surface area contributed by atoms with Crippen molar-refractivity contribution in [2.24, 2.45) is 5.92 Å². The van der Waals surface area contributed by atoms with Crippen LogP contribution in [-0.4, -0.2) is 58.9 Å². The predicted octanol–water partition coefficient (Wildman–Crippen LogP) is 5.23. The van der Waals surface area contributed by atoms with Crippen LogP contribution in [0.3, 0.4) is 0 Å². The summed E-state index contributed by atoms with van der Waals surface area (Å²) in [5.41, 5.74) is -3.11. The van der Waals surface area contributed by atoms with E-state index in [-0.39, 0.29) is 26.4 Å². The van der Waals surface area contributed by atoms with Gasteiger partial charge in [-0.25, -0.2) is 0 Å². The van der Waals surface area contributed by atoms with Crippen LogP contribution in [0.15, 0.2) is 91.0 Å². The van der Waals surface area contributed by atoms with Crippen LogP contribution in [0, 0.1) is 5.92 Å². The van der Waals surface area contributed by atoms with Crippen LogP contribution in [0.25, 0.3) is 0 Å². The lowest BCUT2D eigenvalue weighted by molar-refractivity contribution is -0.307. The van der Waals surface area contributed by atoms with Gasteiger partial charge in [0.05, 0.1) is 45.2 Å². The van der Waals surface area contributed by atoms with Gasteiger partial charge in [0.25, 0.3) is 0 Å². The maximum absolute atomic E-state index is 13.2. The lowest BCUT2D eigenvalue weighted by Crippen LogP contribution is -2.59. The summed E-state index contributed by atoms with van der Waals surface area (Å²) >= 11 is 0. The Kier molecular flexibility index (Phi) is 11.5. The molecule has 0 N–H and O–H groups in total. The molecule has 8 nitrogen and oxygen atoms in total. The highest BCUT2D eigenvalue weighted by molar-refractivity contribution is 7.87. The third-order valence-corrected chi connectivity index (χ3v) is 7.71. The molecular formula is C30H33F3O8S. The number of rotatable bonds is 14. The Morgan fingerprint density at radius 3 is 1.67 bits per heavy atom. The van der Waals surface area contributed by atoms with Crippen molar-refractivity contribution < 1.29 is 49.5 Å². The summed E-state index contributed by atoms with van der Waals surface area (Å²) in [4.78, 5) is 0. The third kappa shape index (κ3) is 8.83. The van der Waals surface area contributed by atoms with Gasteiger partial charge >= 0.3 is 15.6 Å². The van der Waals surface area contributed by atoms with E-state index in [0.29, 0.717) is 0 Å². The van der Waals surface area contributed by atoms with E-state index in [2.05, 4.69) is 4.18 Å². The summed E-state index contributed by atoms with van der Waals surface area (Å²) in [6, 6.07) is 27.6. The minimum Gasteiger partial charge on any atom is -0.374 e. The lowest BCUT2D eigenvalue weighted by Gasteiger charge is -2.45. The van der Waals surface area contributed by atoms with E-state index < -0.39 is 52.8 Å². The van der Waals surface area contributed by atoms with E-state index in [1.165, 1.54) is 7.11 Å². The van der Waals surface area contributed by atoms with Crippen LogP contribution in [0.2, 0.25) is 0 Å². The molecule has 5 atom stereocenters. The second-order valence-electron chi connectivity index (χ2n) is 9.65. The maximum atomic E-state index is 13.2. The van der Waals surface area contributed by atoms with E-state index in [1.807, 2.05) is 91.0 Å². The molecule has 0 radical (unpaired) electrons. The monoisotopic (exact) mass is 610 g/mol. The van der Waals surface area contributed by atoms with Crippen LogP contribution >= 0.6 is 0 Å². The quantitative estimate of drug-likeness (QED) is 0.181. The number of hydrogen-bond donors (Lipinski definition) is 0. The van der Waals surface area contributed by atoms with Gasteiger partial charge in [0.1, 0.15) is 6.10 Å². The van der Waals surface area contributed by atoms with Gasteiger partial charge in [-0.05, 0) is 16.7 Å². The molecular weight excluding hydrogens is 577 g/mol. The van der Waals surface area contributed by atoms with E-state index in [9.17, 15) is 21.6 Å². The molecule has 0 spiro atoms. The molecule has 1 fully saturated rings. The second-order valence-corrected chi connectivity index (χ2v) is 11.3. The second kappa shape index (κ2) is 15.1. The molecule has 0 bridgehead atoms. The number of hydrogen-bond acceptors (Lipinski definition) is 8. The van der Waals surface area contributed by atoms with Gasteiger partial charge in [0.2, 0.25) is 0 Å². The highest BCUT2D eigenvalue weighted by atomic mass is 32.2. The molecule has 1 aliphatic rings. The summed E-state index contributed by atoms with van der Waals surface area (Å²) in [7, 11) is -4.48. The van der Waals surface area contributed by atoms with Crippen molar-refractivity contribution in [2.45, 2.75) is 49.9 Å².